The van der Waals surface area contributed by atoms with Crippen molar-refractivity contribution in [2.75, 3.05) is 4.72 Å². The summed E-state index contributed by atoms with van der Waals surface area (Å²) in [4.78, 5) is 10.9. The molecule has 0 amide bonds. The number of benzene rings is 1. The number of aryl methyl sites for hydroxylation is 1. The monoisotopic (exact) mass is 359 g/mol. The Hall–Kier alpha value is -2.49. The number of halogens is 2. The average molecular weight is 359 g/mol. The summed E-state index contributed by atoms with van der Waals surface area (Å²) in [7, 11) is -4.11. The van der Waals surface area contributed by atoms with E-state index in [1.807, 2.05) is 0 Å². The first-order valence-corrected chi connectivity index (χ1v) is 8.27. The van der Waals surface area contributed by atoms with Crippen molar-refractivity contribution in [3.8, 4) is 0 Å². The van der Waals surface area contributed by atoms with Gasteiger partial charge in [-0.1, -0.05) is 0 Å². The Balaban J connectivity index is 2.37. The van der Waals surface area contributed by atoms with Gasteiger partial charge >= 0.3 is 5.97 Å². The Labute approximate surface area is 137 Å². The number of nitrogens with zero attached hydrogens (tertiary/aromatic N) is 2. The molecule has 0 saturated carbocycles. The lowest BCUT2D eigenvalue weighted by atomic mass is 10.1. The molecule has 2 rings (SSSR count). The largest absolute Gasteiger partial charge is 0.478 e. The van der Waals surface area contributed by atoms with E-state index in [1.165, 1.54) is 18.3 Å². The normalized spacial score (nSPS) is 11.7. The fraction of sp³-hybridized carbons (Fsp3) is 0.286. The summed E-state index contributed by atoms with van der Waals surface area (Å²) in [6.07, 6.45) is -1.40. The van der Waals surface area contributed by atoms with Crippen LogP contribution in [0.3, 0.4) is 0 Å². The zero-order chi connectivity index (χ0) is 18.1. The summed E-state index contributed by atoms with van der Waals surface area (Å²) in [6, 6.07) is 3.65. The number of carboxylic acids is 1. The fourth-order valence-corrected chi connectivity index (χ4v) is 3.42. The van der Waals surface area contributed by atoms with Crippen LogP contribution in [0.4, 0.5) is 14.6 Å². The SMILES string of the molecule is Cc1cc(C(=O)O)cc(S(=O)(=O)Nc2ccn(CC(F)F)n2)c1C. The molecule has 0 fully saturated rings. The van der Waals surface area contributed by atoms with Gasteiger partial charge in [-0.2, -0.15) is 5.10 Å². The van der Waals surface area contributed by atoms with E-state index in [4.69, 9.17) is 5.11 Å². The molecule has 0 saturated heterocycles. The first-order chi connectivity index (χ1) is 11.1. The molecule has 1 aromatic carbocycles. The van der Waals surface area contributed by atoms with Gasteiger partial charge in [-0.3, -0.25) is 9.40 Å². The second kappa shape index (κ2) is 6.56. The van der Waals surface area contributed by atoms with Crippen molar-refractivity contribution < 1.29 is 27.1 Å². The Morgan fingerprint density at radius 1 is 1.38 bits per heavy atom. The summed E-state index contributed by atoms with van der Waals surface area (Å²) in [5.41, 5.74) is 0.722. The maximum Gasteiger partial charge on any atom is 0.335 e. The highest BCUT2D eigenvalue weighted by molar-refractivity contribution is 7.92. The zero-order valence-electron chi connectivity index (χ0n) is 12.8. The Bertz CT molecular complexity index is 878. The molecule has 0 radical (unpaired) electrons. The van der Waals surface area contributed by atoms with E-state index in [0.29, 0.717) is 11.1 Å². The molecule has 0 spiro atoms. The number of aromatic carboxylic acids is 1. The topological polar surface area (TPSA) is 101 Å². The summed E-state index contributed by atoms with van der Waals surface area (Å²) in [6.45, 7) is 2.48. The molecule has 2 aromatic rings. The molecule has 1 aromatic heterocycles. The van der Waals surface area contributed by atoms with Gasteiger partial charge in [-0.05, 0) is 37.1 Å². The van der Waals surface area contributed by atoms with Crippen molar-refractivity contribution in [1.29, 1.82) is 0 Å². The van der Waals surface area contributed by atoms with Crippen LogP contribution in [0.15, 0.2) is 29.3 Å². The first kappa shape index (κ1) is 17.9. The lowest BCUT2D eigenvalue weighted by molar-refractivity contribution is 0.0696. The van der Waals surface area contributed by atoms with E-state index in [2.05, 4.69) is 9.82 Å². The highest BCUT2D eigenvalue weighted by Crippen LogP contribution is 2.23. The smallest absolute Gasteiger partial charge is 0.335 e. The van der Waals surface area contributed by atoms with Gasteiger partial charge in [0.05, 0.1) is 10.5 Å². The number of hydrogen-bond donors (Lipinski definition) is 2. The van der Waals surface area contributed by atoms with Crippen LogP contribution in [-0.4, -0.2) is 35.7 Å². The maximum atomic E-state index is 12.5. The minimum Gasteiger partial charge on any atom is -0.478 e. The quantitative estimate of drug-likeness (QED) is 0.824. The third-order valence-electron chi connectivity index (χ3n) is 3.36. The minimum absolute atomic E-state index is 0.131. The molecule has 0 aliphatic carbocycles. The minimum atomic E-state index is -4.11. The molecule has 0 atom stereocenters. The number of aromatic nitrogens is 2. The molecular formula is C14H15F2N3O4S. The highest BCUT2D eigenvalue weighted by Gasteiger charge is 2.22. The van der Waals surface area contributed by atoms with E-state index in [9.17, 15) is 22.0 Å². The molecule has 10 heteroatoms. The van der Waals surface area contributed by atoms with Crippen LogP contribution in [0.5, 0.6) is 0 Å². The van der Waals surface area contributed by atoms with Crippen LogP contribution in [0, 0.1) is 13.8 Å². The number of carboxylic acid groups (broad SMARTS) is 1. The predicted molar refractivity (Wildman–Crippen MR) is 81.9 cm³/mol. The van der Waals surface area contributed by atoms with Gasteiger partial charge < -0.3 is 5.11 Å². The number of rotatable bonds is 6. The van der Waals surface area contributed by atoms with Crippen molar-refractivity contribution in [3.63, 3.8) is 0 Å². The summed E-state index contributed by atoms with van der Waals surface area (Å²) in [5.74, 6) is -1.39. The van der Waals surface area contributed by atoms with Gasteiger partial charge in [0.25, 0.3) is 16.4 Å². The maximum absolute atomic E-state index is 12.5. The number of anilines is 1. The van der Waals surface area contributed by atoms with Crippen LogP contribution in [0.25, 0.3) is 0 Å². The van der Waals surface area contributed by atoms with Crippen LogP contribution in [0.2, 0.25) is 0 Å². The van der Waals surface area contributed by atoms with E-state index < -0.39 is 29.0 Å². The number of carbonyl (C=O) groups is 1. The zero-order valence-corrected chi connectivity index (χ0v) is 13.6. The van der Waals surface area contributed by atoms with Crippen molar-refractivity contribution >= 4 is 21.8 Å². The number of alkyl halides is 2. The van der Waals surface area contributed by atoms with Gasteiger partial charge in [-0.25, -0.2) is 22.0 Å². The van der Waals surface area contributed by atoms with Crippen molar-refractivity contribution in [1.82, 2.24) is 9.78 Å². The Morgan fingerprint density at radius 2 is 2.04 bits per heavy atom. The molecule has 130 valence electrons. The summed E-state index contributed by atoms with van der Waals surface area (Å²) < 4.78 is 52.6. The molecule has 0 unspecified atom stereocenters. The third kappa shape index (κ3) is 3.88. The van der Waals surface area contributed by atoms with Crippen molar-refractivity contribution in [2.45, 2.75) is 31.7 Å². The molecule has 1 heterocycles. The van der Waals surface area contributed by atoms with Gasteiger partial charge in [-0.15, -0.1) is 0 Å². The number of nitrogens with one attached hydrogen (secondary N) is 1. The van der Waals surface area contributed by atoms with Gasteiger partial charge in [0.15, 0.2) is 5.82 Å². The predicted octanol–water partition coefficient (Wildman–Crippen LogP) is 2.26. The number of hydrogen-bond acceptors (Lipinski definition) is 4. The Morgan fingerprint density at radius 3 is 2.62 bits per heavy atom. The highest BCUT2D eigenvalue weighted by atomic mass is 32.2. The van der Waals surface area contributed by atoms with Crippen LogP contribution < -0.4 is 4.72 Å². The second-order valence-electron chi connectivity index (χ2n) is 5.14. The van der Waals surface area contributed by atoms with E-state index in [-0.39, 0.29) is 16.3 Å². The van der Waals surface area contributed by atoms with Gasteiger partial charge in [0.2, 0.25) is 0 Å². The molecule has 0 aliphatic heterocycles. The summed E-state index contributed by atoms with van der Waals surface area (Å²) in [5, 5.41) is 12.8. The molecule has 7 nitrogen and oxygen atoms in total. The first-order valence-electron chi connectivity index (χ1n) is 6.79. The lowest BCUT2D eigenvalue weighted by Gasteiger charge is -2.12. The second-order valence-corrected chi connectivity index (χ2v) is 6.79. The lowest BCUT2D eigenvalue weighted by Crippen LogP contribution is -2.17. The Kier molecular flexibility index (Phi) is 4.88. The summed E-state index contributed by atoms with van der Waals surface area (Å²) >= 11 is 0. The fourth-order valence-electron chi connectivity index (χ4n) is 2.08. The van der Waals surface area contributed by atoms with Gasteiger partial charge in [0, 0.05) is 12.3 Å². The van der Waals surface area contributed by atoms with Crippen molar-refractivity contribution in [2.24, 2.45) is 0 Å². The third-order valence-corrected chi connectivity index (χ3v) is 4.84. The molecule has 0 bridgehead atoms. The van der Waals surface area contributed by atoms with Crippen LogP contribution in [0.1, 0.15) is 21.5 Å². The van der Waals surface area contributed by atoms with E-state index >= 15 is 0 Å². The average Bonchev–Trinajstić information content (AvgIpc) is 2.86. The molecule has 2 N–H and O–H groups in total. The van der Waals surface area contributed by atoms with Crippen LogP contribution in [-0.2, 0) is 16.6 Å². The van der Waals surface area contributed by atoms with Crippen LogP contribution >= 0.6 is 0 Å². The van der Waals surface area contributed by atoms with E-state index in [1.54, 1.807) is 13.8 Å². The van der Waals surface area contributed by atoms with Gasteiger partial charge in [0.1, 0.15) is 6.54 Å². The standard InChI is InChI=1S/C14H15F2N3O4S/c1-8-5-10(14(20)21)6-11(9(8)2)24(22,23)18-13-3-4-19(17-13)7-12(15)16/h3-6,12H,7H2,1-2H3,(H,17,18)(H,20,21). The van der Waals surface area contributed by atoms with E-state index in [0.717, 1.165) is 10.7 Å². The molecule has 24 heavy (non-hydrogen) atoms. The van der Waals surface area contributed by atoms with Crippen molar-refractivity contribution in [3.05, 3.63) is 41.1 Å². The molecule has 0 aliphatic rings. The number of sulfonamides is 1. The molecular weight excluding hydrogens is 344 g/mol.